The number of aromatic hydroxyl groups is 1. The van der Waals surface area contributed by atoms with Crippen molar-refractivity contribution in [2.75, 3.05) is 6.66 Å². The molecule has 0 fully saturated rings. The molecule has 11 heavy (non-hydrogen) atoms. The minimum absolute atomic E-state index is 0.0818. The fourth-order valence-electron chi connectivity index (χ4n) is 0.511. The monoisotopic (exact) mass is 194 g/mol. The second-order valence-electron chi connectivity index (χ2n) is 1.99. The van der Waals surface area contributed by atoms with Gasteiger partial charge in [-0.25, -0.2) is 4.57 Å². The Balaban J connectivity index is 2.80. The maximum absolute atomic E-state index is 10.7. The van der Waals surface area contributed by atoms with Gasteiger partial charge in [-0.2, -0.15) is 0 Å². The molecular weight excluding hydrogens is 187 g/mol. The van der Waals surface area contributed by atoms with Crippen LogP contribution in [0.15, 0.2) is 11.4 Å². The van der Waals surface area contributed by atoms with Crippen molar-refractivity contribution in [3.8, 4) is 10.8 Å². The molecule has 4 nitrogen and oxygen atoms in total. The van der Waals surface area contributed by atoms with E-state index >= 15 is 0 Å². The van der Waals surface area contributed by atoms with Gasteiger partial charge in [-0.15, -0.1) is 11.3 Å². The van der Waals surface area contributed by atoms with Gasteiger partial charge in [0.2, 0.25) is 5.06 Å². The largest absolute Gasteiger partial charge is 0.504 e. The van der Waals surface area contributed by atoms with Crippen LogP contribution < -0.4 is 4.52 Å². The van der Waals surface area contributed by atoms with E-state index in [1.807, 2.05) is 0 Å². The molecule has 1 rings (SSSR count). The quantitative estimate of drug-likeness (QED) is 0.702. The highest BCUT2D eigenvalue weighted by molar-refractivity contribution is 7.52. The summed E-state index contributed by atoms with van der Waals surface area (Å²) in [4.78, 5) is 8.74. The van der Waals surface area contributed by atoms with E-state index in [1.165, 1.54) is 6.07 Å². The van der Waals surface area contributed by atoms with Crippen molar-refractivity contribution in [1.29, 1.82) is 0 Å². The van der Waals surface area contributed by atoms with E-state index in [0.29, 0.717) is 0 Å². The van der Waals surface area contributed by atoms with Gasteiger partial charge in [0.25, 0.3) is 0 Å². The van der Waals surface area contributed by atoms with Crippen LogP contribution in [-0.2, 0) is 4.57 Å². The Hall–Kier alpha value is -0.510. The smallest absolute Gasteiger partial charge is 0.374 e. The fraction of sp³-hybridized carbons (Fsp3) is 0.200. The number of hydrogen-bond acceptors (Lipinski definition) is 4. The van der Waals surface area contributed by atoms with Crippen LogP contribution in [0.2, 0.25) is 0 Å². The van der Waals surface area contributed by atoms with Crippen molar-refractivity contribution in [1.82, 2.24) is 0 Å². The second kappa shape index (κ2) is 2.85. The molecule has 1 aromatic heterocycles. The third kappa shape index (κ3) is 2.54. The Morgan fingerprint density at radius 3 is 2.73 bits per heavy atom. The standard InChI is InChI=1S/C5H7O4PS/c1-10(7,8)9-5-4(6)2-3-11-5/h2-3,6H,1H3,(H,7,8). The van der Waals surface area contributed by atoms with Crippen molar-refractivity contribution < 1.29 is 19.1 Å². The van der Waals surface area contributed by atoms with E-state index in [1.54, 1.807) is 5.38 Å². The summed E-state index contributed by atoms with van der Waals surface area (Å²) in [5.41, 5.74) is 0. The first-order valence-electron chi connectivity index (χ1n) is 2.75. The van der Waals surface area contributed by atoms with Crippen molar-refractivity contribution >= 4 is 18.9 Å². The van der Waals surface area contributed by atoms with Crippen LogP contribution in [0.5, 0.6) is 10.8 Å². The first-order chi connectivity index (χ1) is 4.99. The lowest BCUT2D eigenvalue weighted by Crippen LogP contribution is -1.86. The highest BCUT2D eigenvalue weighted by atomic mass is 32.1. The third-order valence-corrected chi connectivity index (χ3v) is 2.29. The maximum Gasteiger partial charge on any atom is 0.374 e. The Kier molecular flexibility index (Phi) is 2.23. The normalized spacial score (nSPS) is 15.8. The maximum atomic E-state index is 10.7. The molecule has 1 unspecified atom stereocenters. The van der Waals surface area contributed by atoms with Crippen LogP contribution in [0, 0.1) is 0 Å². The van der Waals surface area contributed by atoms with Gasteiger partial charge in [-0.05, 0) is 11.4 Å². The van der Waals surface area contributed by atoms with Crippen LogP contribution in [0.3, 0.4) is 0 Å². The number of rotatable bonds is 2. The van der Waals surface area contributed by atoms with Gasteiger partial charge in [0.05, 0.1) is 0 Å². The lowest BCUT2D eigenvalue weighted by molar-refractivity contribution is 0.377. The van der Waals surface area contributed by atoms with E-state index in [4.69, 9.17) is 10.00 Å². The lowest BCUT2D eigenvalue weighted by atomic mass is 10.6. The lowest BCUT2D eigenvalue weighted by Gasteiger charge is -2.05. The van der Waals surface area contributed by atoms with E-state index in [0.717, 1.165) is 18.0 Å². The molecule has 6 heteroatoms. The van der Waals surface area contributed by atoms with Crippen LogP contribution in [0.1, 0.15) is 0 Å². The summed E-state index contributed by atoms with van der Waals surface area (Å²) in [7, 11) is -3.53. The summed E-state index contributed by atoms with van der Waals surface area (Å²) in [6, 6.07) is 1.40. The SMILES string of the molecule is CP(=O)(O)Oc1sccc1O. The molecule has 0 aliphatic carbocycles. The van der Waals surface area contributed by atoms with Crippen molar-refractivity contribution in [3.63, 3.8) is 0 Å². The minimum atomic E-state index is -3.53. The molecule has 0 radical (unpaired) electrons. The molecule has 0 spiro atoms. The van der Waals surface area contributed by atoms with Gasteiger partial charge in [0, 0.05) is 6.66 Å². The minimum Gasteiger partial charge on any atom is -0.504 e. The molecule has 0 saturated carbocycles. The Morgan fingerprint density at radius 2 is 2.36 bits per heavy atom. The van der Waals surface area contributed by atoms with E-state index < -0.39 is 7.60 Å². The average Bonchev–Trinajstić information content (AvgIpc) is 2.12. The molecular formula is C5H7O4PS. The molecule has 0 amide bonds. The van der Waals surface area contributed by atoms with Gasteiger partial charge in [0.15, 0.2) is 5.75 Å². The summed E-state index contributed by atoms with van der Waals surface area (Å²) >= 11 is 1.07. The highest BCUT2D eigenvalue weighted by Crippen LogP contribution is 2.44. The summed E-state index contributed by atoms with van der Waals surface area (Å²) in [6.45, 7) is 1.06. The third-order valence-electron chi connectivity index (χ3n) is 0.862. The van der Waals surface area contributed by atoms with Gasteiger partial charge >= 0.3 is 7.60 Å². The molecule has 1 atom stereocenters. The van der Waals surface area contributed by atoms with Crippen LogP contribution in [-0.4, -0.2) is 16.7 Å². The fourth-order valence-corrected chi connectivity index (χ4v) is 2.01. The first-order valence-corrected chi connectivity index (χ1v) is 5.66. The van der Waals surface area contributed by atoms with Crippen LogP contribution in [0.4, 0.5) is 0 Å². The summed E-state index contributed by atoms with van der Waals surface area (Å²) in [5.74, 6) is -0.105. The summed E-state index contributed by atoms with van der Waals surface area (Å²) < 4.78 is 15.2. The topological polar surface area (TPSA) is 66.8 Å². The van der Waals surface area contributed by atoms with E-state index in [-0.39, 0.29) is 10.8 Å². The predicted octanol–water partition coefficient (Wildman–Crippen LogP) is 1.65. The van der Waals surface area contributed by atoms with E-state index in [9.17, 15) is 4.57 Å². The first kappa shape index (κ1) is 8.59. The van der Waals surface area contributed by atoms with Crippen molar-refractivity contribution in [2.24, 2.45) is 0 Å². The molecule has 0 saturated heterocycles. The van der Waals surface area contributed by atoms with E-state index in [2.05, 4.69) is 4.52 Å². The van der Waals surface area contributed by atoms with Gasteiger partial charge in [-0.3, -0.25) is 0 Å². The average molecular weight is 194 g/mol. The van der Waals surface area contributed by atoms with Gasteiger partial charge in [0.1, 0.15) is 0 Å². The zero-order chi connectivity index (χ0) is 8.48. The highest BCUT2D eigenvalue weighted by Gasteiger charge is 2.15. The summed E-state index contributed by atoms with van der Waals surface area (Å²) in [6.07, 6.45) is 0. The molecule has 62 valence electrons. The van der Waals surface area contributed by atoms with Crippen LogP contribution >= 0.6 is 18.9 Å². The molecule has 1 aromatic rings. The molecule has 0 aliphatic heterocycles. The summed E-state index contributed by atoms with van der Waals surface area (Å²) in [5, 5.41) is 10.6. The molecule has 1 heterocycles. The van der Waals surface area contributed by atoms with Crippen molar-refractivity contribution in [3.05, 3.63) is 11.4 Å². The van der Waals surface area contributed by atoms with Crippen molar-refractivity contribution in [2.45, 2.75) is 0 Å². The van der Waals surface area contributed by atoms with Gasteiger partial charge < -0.3 is 14.5 Å². The Labute approximate surface area is 67.6 Å². The predicted molar refractivity (Wildman–Crippen MR) is 42.4 cm³/mol. The number of thiophene rings is 1. The molecule has 0 aliphatic rings. The zero-order valence-corrected chi connectivity index (χ0v) is 7.43. The zero-order valence-electron chi connectivity index (χ0n) is 5.72. The Morgan fingerprint density at radius 1 is 1.73 bits per heavy atom. The number of hydrogen-bond donors (Lipinski definition) is 2. The van der Waals surface area contributed by atoms with Crippen LogP contribution in [0.25, 0.3) is 0 Å². The second-order valence-corrected chi connectivity index (χ2v) is 4.65. The molecule has 2 N–H and O–H groups in total. The Bertz CT molecular complexity index is 288. The molecule has 0 aromatic carbocycles. The van der Waals surface area contributed by atoms with Gasteiger partial charge in [-0.1, -0.05) is 0 Å². The molecule has 0 bridgehead atoms.